The van der Waals surface area contributed by atoms with Crippen LogP contribution in [0.2, 0.25) is 0 Å². The molecule has 0 fully saturated rings. The van der Waals surface area contributed by atoms with Gasteiger partial charge in [-0.2, -0.15) is 4.31 Å². The minimum Gasteiger partial charge on any atom is -0.480 e. The van der Waals surface area contributed by atoms with Crippen LogP contribution in [0.15, 0.2) is 11.0 Å². The lowest BCUT2D eigenvalue weighted by Gasteiger charge is -2.22. The van der Waals surface area contributed by atoms with Gasteiger partial charge in [-0.3, -0.25) is 4.79 Å². The number of hydrogen-bond donors (Lipinski definition) is 1. The normalized spacial score (nSPS) is 13.8. The summed E-state index contributed by atoms with van der Waals surface area (Å²) in [5.74, 6) is -1.13. The van der Waals surface area contributed by atoms with Gasteiger partial charge in [0.05, 0.1) is 4.90 Å². The van der Waals surface area contributed by atoms with Crippen molar-refractivity contribution in [3.8, 4) is 0 Å². The molecular weight excluding hydrogens is 274 g/mol. The summed E-state index contributed by atoms with van der Waals surface area (Å²) >= 11 is 1.39. The maximum atomic E-state index is 12.3. The van der Waals surface area contributed by atoms with E-state index in [9.17, 15) is 13.2 Å². The fourth-order valence-corrected chi connectivity index (χ4v) is 4.68. The number of rotatable bonds is 5. The van der Waals surface area contributed by atoms with Crippen LogP contribution < -0.4 is 0 Å². The van der Waals surface area contributed by atoms with Crippen molar-refractivity contribution in [2.45, 2.75) is 38.1 Å². The third kappa shape index (κ3) is 2.73. The molecule has 1 rings (SSSR count). The zero-order valence-electron chi connectivity index (χ0n) is 10.8. The highest BCUT2D eigenvalue weighted by molar-refractivity contribution is 7.89. The highest BCUT2D eigenvalue weighted by Gasteiger charge is 2.33. The Morgan fingerprint density at radius 2 is 2.06 bits per heavy atom. The second-order valence-corrected chi connectivity index (χ2v) is 7.49. The summed E-state index contributed by atoms with van der Waals surface area (Å²) in [5, 5.41) is 9.02. The van der Waals surface area contributed by atoms with Crippen LogP contribution in [-0.4, -0.2) is 36.9 Å². The summed E-state index contributed by atoms with van der Waals surface area (Å²) < 4.78 is 25.6. The van der Waals surface area contributed by atoms with Gasteiger partial charge in [0.1, 0.15) is 6.04 Å². The van der Waals surface area contributed by atoms with E-state index in [4.69, 9.17) is 5.11 Å². The lowest BCUT2D eigenvalue weighted by atomic mass is 10.2. The van der Waals surface area contributed by atoms with Crippen molar-refractivity contribution in [3.05, 3.63) is 15.8 Å². The molecule has 0 saturated carbocycles. The molecule has 1 heterocycles. The van der Waals surface area contributed by atoms with Crippen molar-refractivity contribution in [1.29, 1.82) is 0 Å². The summed E-state index contributed by atoms with van der Waals surface area (Å²) in [7, 11) is -2.43. The Labute approximate surface area is 111 Å². The molecule has 1 N–H and O–H groups in total. The van der Waals surface area contributed by atoms with E-state index in [0.717, 1.165) is 9.18 Å². The summed E-state index contributed by atoms with van der Waals surface area (Å²) in [6.45, 7) is 5.20. The number of thiophene rings is 1. The number of carbonyl (C=O) groups is 1. The monoisotopic (exact) mass is 291 g/mol. The highest BCUT2D eigenvalue weighted by Crippen LogP contribution is 2.28. The molecule has 0 aliphatic carbocycles. The molecule has 5 nitrogen and oxygen atoms in total. The summed E-state index contributed by atoms with van der Waals surface area (Å²) in [6, 6.07) is 0.551. The van der Waals surface area contributed by atoms with Crippen LogP contribution in [0.25, 0.3) is 0 Å². The number of likely N-dealkylation sites (N-methyl/N-ethyl adjacent to an activating group) is 1. The number of hydrogen-bond acceptors (Lipinski definition) is 4. The van der Waals surface area contributed by atoms with Crippen molar-refractivity contribution in [2.75, 3.05) is 7.05 Å². The molecule has 0 aromatic carbocycles. The summed E-state index contributed by atoms with van der Waals surface area (Å²) in [6.07, 6.45) is 0.229. The number of sulfonamides is 1. The van der Waals surface area contributed by atoms with Crippen LogP contribution in [0, 0.1) is 13.8 Å². The Hall–Kier alpha value is -0.920. The van der Waals surface area contributed by atoms with Gasteiger partial charge in [0.25, 0.3) is 0 Å². The van der Waals surface area contributed by atoms with Crippen LogP contribution in [0.3, 0.4) is 0 Å². The SMILES string of the molecule is CCC(C(=O)O)N(C)S(=O)(=O)c1cc(C)sc1C. The smallest absolute Gasteiger partial charge is 0.321 e. The zero-order chi connectivity index (χ0) is 14.1. The van der Waals surface area contributed by atoms with Crippen molar-refractivity contribution in [2.24, 2.45) is 0 Å². The second kappa shape index (κ2) is 5.38. The van der Waals surface area contributed by atoms with Gasteiger partial charge >= 0.3 is 5.97 Å². The molecule has 0 spiro atoms. The second-order valence-electron chi connectivity index (χ2n) is 4.06. The summed E-state index contributed by atoms with van der Waals surface area (Å²) in [5.41, 5.74) is 0. The lowest BCUT2D eigenvalue weighted by molar-refractivity contribution is -0.141. The standard InChI is InChI=1S/C11H17NO4S2/c1-5-9(11(13)14)12(4)18(15,16)10-6-7(2)17-8(10)3/h6,9H,5H2,1-4H3,(H,13,14). The predicted molar refractivity (Wildman–Crippen MR) is 70.5 cm³/mol. The Kier molecular flexibility index (Phi) is 4.52. The van der Waals surface area contributed by atoms with E-state index >= 15 is 0 Å². The fraction of sp³-hybridized carbons (Fsp3) is 0.545. The third-order valence-corrected chi connectivity index (χ3v) is 5.85. The number of nitrogens with zero attached hydrogens (tertiary/aromatic N) is 1. The van der Waals surface area contributed by atoms with E-state index in [1.165, 1.54) is 18.4 Å². The van der Waals surface area contributed by atoms with Crippen LogP contribution in [0.1, 0.15) is 23.1 Å². The van der Waals surface area contributed by atoms with Gasteiger partial charge in [0, 0.05) is 16.8 Å². The van der Waals surface area contributed by atoms with E-state index in [-0.39, 0.29) is 11.3 Å². The molecule has 7 heteroatoms. The fourth-order valence-electron chi connectivity index (χ4n) is 1.77. The molecular formula is C11H17NO4S2. The number of carboxylic acids is 1. The van der Waals surface area contributed by atoms with Gasteiger partial charge in [-0.05, 0) is 26.3 Å². The third-order valence-electron chi connectivity index (χ3n) is 2.76. The average molecular weight is 291 g/mol. The van der Waals surface area contributed by atoms with E-state index in [1.54, 1.807) is 19.9 Å². The molecule has 102 valence electrons. The topological polar surface area (TPSA) is 74.7 Å². The predicted octanol–water partition coefficient (Wildman–Crippen LogP) is 1.85. The molecule has 1 aromatic rings. The number of carboxylic acid groups (broad SMARTS) is 1. The van der Waals surface area contributed by atoms with Crippen molar-refractivity contribution >= 4 is 27.3 Å². The van der Waals surface area contributed by atoms with Crippen molar-refractivity contribution in [3.63, 3.8) is 0 Å². The quantitative estimate of drug-likeness (QED) is 0.898. The van der Waals surface area contributed by atoms with E-state index in [1.807, 2.05) is 6.92 Å². The Bertz CT molecular complexity index is 547. The molecule has 0 saturated heterocycles. The van der Waals surface area contributed by atoms with Crippen LogP contribution in [0.4, 0.5) is 0 Å². The largest absolute Gasteiger partial charge is 0.480 e. The molecule has 1 unspecified atom stereocenters. The zero-order valence-corrected chi connectivity index (χ0v) is 12.4. The van der Waals surface area contributed by atoms with Gasteiger partial charge < -0.3 is 5.11 Å². The van der Waals surface area contributed by atoms with Crippen LogP contribution in [-0.2, 0) is 14.8 Å². The number of aliphatic carboxylic acids is 1. The molecule has 0 amide bonds. The molecule has 0 radical (unpaired) electrons. The molecule has 1 aromatic heterocycles. The van der Waals surface area contributed by atoms with Gasteiger partial charge in [0.15, 0.2) is 0 Å². The minimum atomic E-state index is -3.74. The van der Waals surface area contributed by atoms with Crippen LogP contribution in [0.5, 0.6) is 0 Å². The molecule has 18 heavy (non-hydrogen) atoms. The first-order valence-electron chi connectivity index (χ1n) is 5.49. The first-order chi connectivity index (χ1) is 8.21. The molecule has 0 bridgehead atoms. The maximum absolute atomic E-state index is 12.3. The highest BCUT2D eigenvalue weighted by atomic mass is 32.2. The van der Waals surface area contributed by atoms with Crippen molar-refractivity contribution in [1.82, 2.24) is 4.31 Å². The molecule has 1 atom stereocenters. The van der Waals surface area contributed by atoms with E-state index in [0.29, 0.717) is 4.88 Å². The first kappa shape index (κ1) is 15.1. The van der Waals surface area contributed by atoms with Gasteiger partial charge in [0.2, 0.25) is 10.0 Å². The lowest BCUT2D eigenvalue weighted by Crippen LogP contribution is -2.41. The molecule has 0 aliphatic rings. The van der Waals surface area contributed by atoms with Gasteiger partial charge in [-0.15, -0.1) is 11.3 Å². The maximum Gasteiger partial charge on any atom is 0.321 e. The minimum absolute atomic E-state index is 0.201. The van der Waals surface area contributed by atoms with Gasteiger partial charge in [-0.25, -0.2) is 8.42 Å². The number of aryl methyl sites for hydroxylation is 2. The Morgan fingerprint density at radius 3 is 2.39 bits per heavy atom. The van der Waals surface area contributed by atoms with E-state index in [2.05, 4.69) is 0 Å². The Balaban J connectivity index is 3.22. The first-order valence-corrected chi connectivity index (χ1v) is 7.75. The molecule has 0 aliphatic heterocycles. The van der Waals surface area contributed by atoms with Gasteiger partial charge in [-0.1, -0.05) is 6.92 Å². The average Bonchev–Trinajstić information content (AvgIpc) is 2.58. The van der Waals surface area contributed by atoms with Crippen LogP contribution >= 0.6 is 11.3 Å². The summed E-state index contributed by atoms with van der Waals surface area (Å²) in [4.78, 5) is 12.8. The Morgan fingerprint density at radius 1 is 1.50 bits per heavy atom. The van der Waals surface area contributed by atoms with Crippen molar-refractivity contribution < 1.29 is 18.3 Å². The van der Waals surface area contributed by atoms with E-state index < -0.39 is 22.0 Å².